The molecule has 7 heteroatoms. The molecule has 1 atom stereocenters. The zero-order valence-corrected chi connectivity index (χ0v) is 16.9. The zero-order chi connectivity index (χ0) is 20.3. The summed E-state index contributed by atoms with van der Waals surface area (Å²) >= 11 is 0. The number of piperidine rings is 1. The molecule has 0 aliphatic carbocycles. The van der Waals surface area contributed by atoms with E-state index in [1.54, 1.807) is 0 Å². The van der Waals surface area contributed by atoms with Crippen LogP contribution in [0, 0.1) is 18.7 Å². The largest absolute Gasteiger partial charge is 0.349 e. The maximum absolute atomic E-state index is 13.1. The van der Waals surface area contributed by atoms with Crippen LogP contribution in [-0.4, -0.2) is 31.7 Å². The van der Waals surface area contributed by atoms with Crippen molar-refractivity contribution < 1.29 is 17.6 Å². The maximum atomic E-state index is 13.1. The van der Waals surface area contributed by atoms with Crippen molar-refractivity contribution in [3.05, 3.63) is 65.5 Å². The molecule has 3 rings (SSSR count). The summed E-state index contributed by atoms with van der Waals surface area (Å²) in [6, 6.07) is 12.7. The molecule has 1 saturated heterocycles. The Balaban J connectivity index is 1.57. The van der Waals surface area contributed by atoms with E-state index in [1.807, 2.05) is 38.1 Å². The number of amides is 1. The quantitative estimate of drug-likeness (QED) is 0.830. The topological polar surface area (TPSA) is 66.5 Å². The van der Waals surface area contributed by atoms with Crippen LogP contribution in [0.1, 0.15) is 36.9 Å². The molecule has 0 spiro atoms. The first-order valence-electron chi connectivity index (χ1n) is 9.40. The molecule has 1 fully saturated rings. The Hall–Kier alpha value is -2.25. The van der Waals surface area contributed by atoms with E-state index in [2.05, 4.69) is 5.32 Å². The van der Waals surface area contributed by atoms with E-state index in [0.29, 0.717) is 12.8 Å². The van der Waals surface area contributed by atoms with E-state index < -0.39 is 15.8 Å². The van der Waals surface area contributed by atoms with Gasteiger partial charge in [-0.3, -0.25) is 4.79 Å². The van der Waals surface area contributed by atoms with E-state index >= 15 is 0 Å². The van der Waals surface area contributed by atoms with E-state index in [1.165, 1.54) is 16.4 Å². The molecule has 1 N–H and O–H groups in total. The van der Waals surface area contributed by atoms with Crippen LogP contribution < -0.4 is 5.32 Å². The molecule has 150 valence electrons. The van der Waals surface area contributed by atoms with Crippen molar-refractivity contribution in [3.8, 4) is 0 Å². The molecule has 0 saturated carbocycles. The Bertz CT molecular complexity index is 919. The highest BCUT2D eigenvalue weighted by molar-refractivity contribution is 7.89. The predicted molar refractivity (Wildman–Crippen MR) is 106 cm³/mol. The summed E-state index contributed by atoms with van der Waals surface area (Å²) in [4.78, 5) is 12.7. The summed E-state index contributed by atoms with van der Waals surface area (Å²) in [5, 5.41) is 3.03. The lowest BCUT2D eigenvalue weighted by atomic mass is 9.96. The molecule has 0 aromatic heterocycles. The normalized spacial score (nSPS) is 17.2. The van der Waals surface area contributed by atoms with E-state index in [0.717, 1.165) is 23.3 Å². The van der Waals surface area contributed by atoms with Crippen molar-refractivity contribution in [2.24, 2.45) is 5.92 Å². The average molecular weight is 405 g/mol. The van der Waals surface area contributed by atoms with Gasteiger partial charge in [-0.15, -0.1) is 0 Å². The lowest BCUT2D eigenvalue weighted by molar-refractivity contribution is -0.126. The van der Waals surface area contributed by atoms with Crippen LogP contribution >= 0.6 is 0 Å². The summed E-state index contributed by atoms with van der Waals surface area (Å²) in [6.07, 6.45) is 0.930. The molecule has 1 amide bonds. The zero-order valence-electron chi connectivity index (χ0n) is 16.1. The van der Waals surface area contributed by atoms with Crippen molar-refractivity contribution in [1.82, 2.24) is 9.62 Å². The van der Waals surface area contributed by atoms with Crippen LogP contribution in [0.25, 0.3) is 0 Å². The number of carbonyl (C=O) groups is 1. The number of aryl methyl sites for hydroxylation is 1. The average Bonchev–Trinajstić information content (AvgIpc) is 2.69. The van der Waals surface area contributed by atoms with Crippen LogP contribution in [0.5, 0.6) is 0 Å². The summed E-state index contributed by atoms with van der Waals surface area (Å²) in [5.41, 5.74) is 2.20. The molecule has 0 radical (unpaired) electrons. The van der Waals surface area contributed by atoms with Gasteiger partial charge in [0.1, 0.15) is 5.82 Å². The van der Waals surface area contributed by atoms with Crippen LogP contribution in [0.3, 0.4) is 0 Å². The molecule has 2 aromatic carbocycles. The Morgan fingerprint density at radius 1 is 1.07 bits per heavy atom. The van der Waals surface area contributed by atoms with Gasteiger partial charge in [-0.25, -0.2) is 12.8 Å². The van der Waals surface area contributed by atoms with Gasteiger partial charge < -0.3 is 5.32 Å². The Morgan fingerprint density at radius 3 is 2.21 bits per heavy atom. The fourth-order valence-electron chi connectivity index (χ4n) is 3.38. The number of nitrogens with zero attached hydrogens (tertiary/aromatic N) is 1. The van der Waals surface area contributed by atoms with Gasteiger partial charge in [-0.2, -0.15) is 4.31 Å². The number of sulfonamides is 1. The van der Waals surface area contributed by atoms with Gasteiger partial charge in [0.05, 0.1) is 10.9 Å². The minimum Gasteiger partial charge on any atom is -0.349 e. The summed E-state index contributed by atoms with van der Waals surface area (Å²) < 4.78 is 39.8. The second kappa shape index (κ2) is 8.41. The second-order valence-corrected chi connectivity index (χ2v) is 9.21. The number of hydrogen-bond acceptors (Lipinski definition) is 3. The van der Waals surface area contributed by atoms with Gasteiger partial charge in [-0.1, -0.05) is 29.8 Å². The molecular formula is C21H25FN2O3S. The summed E-state index contributed by atoms with van der Waals surface area (Å²) in [5.74, 6) is -0.739. The Labute approximate surface area is 165 Å². The number of nitrogens with one attached hydrogen (secondary N) is 1. The molecule has 1 heterocycles. The number of rotatable bonds is 5. The molecular weight excluding hydrogens is 379 g/mol. The Kier molecular flexibility index (Phi) is 6.15. The van der Waals surface area contributed by atoms with Gasteiger partial charge in [0.2, 0.25) is 15.9 Å². The lowest BCUT2D eigenvalue weighted by Crippen LogP contribution is -2.43. The van der Waals surface area contributed by atoms with Crippen molar-refractivity contribution in [2.45, 2.75) is 37.6 Å². The second-order valence-electron chi connectivity index (χ2n) is 7.27. The van der Waals surface area contributed by atoms with Crippen molar-refractivity contribution in [3.63, 3.8) is 0 Å². The van der Waals surface area contributed by atoms with Gasteiger partial charge in [-0.05, 0) is 56.5 Å². The van der Waals surface area contributed by atoms with Gasteiger partial charge in [0.25, 0.3) is 0 Å². The molecule has 2 aromatic rings. The third kappa shape index (κ3) is 4.59. The third-order valence-electron chi connectivity index (χ3n) is 5.21. The minimum atomic E-state index is -3.66. The first kappa shape index (κ1) is 20.5. The van der Waals surface area contributed by atoms with Crippen LogP contribution in [-0.2, 0) is 14.8 Å². The maximum Gasteiger partial charge on any atom is 0.243 e. The Morgan fingerprint density at radius 2 is 1.64 bits per heavy atom. The monoisotopic (exact) mass is 404 g/mol. The fraction of sp³-hybridized carbons (Fsp3) is 0.381. The van der Waals surface area contributed by atoms with E-state index in [4.69, 9.17) is 0 Å². The van der Waals surface area contributed by atoms with Crippen LogP contribution in [0.4, 0.5) is 4.39 Å². The van der Waals surface area contributed by atoms with Crippen molar-refractivity contribution in [1.29, 1.82) is 0 Å². The standard InChI is InChI=1S/C21H25FN2O3S/c1-15-3-5-17(6-4-15)16(2)23-21(25)18-11-13-24(14-12-18)28(26,27)20-9-7-19(22)8-10-20/h3-10,16,18H,11-14H2,1-2H3,(H,23,25)/t16-/m1/s1. The molecule has 1 aliphatic rings. The highest BCUT2D eigenvalue weighted by Gasteiger charge is 2.32. The van der Waals surface area contributed by atoms with Crippen molar-refractivity contribution in [2.75, 3.05) is 13.1 Å². The van der Waals surface area contributed by atoms with Gasteiger partial charge >= 0.3 is 0 Å². The molecule has 0 unspecified atom stereocenters. The summed E-state index contributed by atoms with van der Waals surface area (Å²) in [6.45, 7) is 4.50. The SMILES string of the molecule is Cc1ccc([C@@H](C)NC(=O)C2CCN(S(=O)(=O)c3ccc(F)cc3)CC2)cc1. The molecule has 5 nitrogen and oxygen atoms in total. The first-order chi connectivity index (χ1) is 13.3. The van der Waals surface area contributed by atoms with Crippen LogP contribution in [0.15, 0.2) is 53.4 Å². The summed E-state index contributed by atoms with van der Waals surface area (Å²) in [7, 11) is -3.66. The van der Waals surface area contributed by atoms with Crippen molar-refractivity contribution >= 4 is 15.9 Å². The molecule has 28 heavy (non-hydrogen) atoms. The highest BCUT2D eigenvalue weighted by Crippen LogP contribution is 2.25. The van der Waals surface area contributed by atoms with E-state index in [9.17, 15) is 17.6 Å². The number of hydrogen-bond donors (Lipinski definition) is 1. The lowest BCUT2D eigenvalue weighted by Gasteiger charge is -2.31. The minimum absolute atomic E-state index is 0.0492. The molecule has 1 aliphatic heterocycles. The number of benzene rings is 2. The number of carbonyl (C=O) groups excluding carboxylic acids is 1. The highest BCUT2D eigenvalue weighted by atomic mass is 32.2. The smallest absolute Gasteiger partial charge is 0.243 e. The van der Waals surface area contributed by atoms with Crippen LogP contribution in [0.2, 0.25) is 0 Å². The molecule has 0 bridgehead atoms. The predicted octanol–water partition coefficient (Wildman–Crippen LogP) is 3.41. The third-order valence-corrected chi connectivity index (χ3v) is 7.13. The first-order valence-corrected chi connectivity index (χ1v) is 10.8. The fourth-order valence-corrected chi connectivity index (χ4v) is 4.85. The number of halogens is 1. The van der Waals surface area contributed by atoms with Gasteiger partial charge in [0, 0.05) is 19.0 Å². The van der Waals surface area contributed by atoms with E-state index in [-0.39, 0.29) is 35.9 Å². The van der Waals surface area contributed by atoms with Gasteiger partial charge in [0.15, 0.2) is 0 Å².